The molecule has 6 rings (SSSR count). The topological polar surface area (TPSA) is 37.4 Å². The Kier molecular flexibility index (Phi) is 3.16. The van der Waals surface area contributed by atoms with Crippen LogP contribution in [-0.2, 0) is 16.1 Å². The van der Waals surface area contributed by atoms with Crippen LogP contribution in [0.5, 0.6) is 0 Å². The highest BCUT2D eigenvalue weighted by Crippen LogP contribution is 2.59. The molecule has 0 radical (unpaired) electrons. The Balaban J connectivity index is 1.57. The second-order valence-electron chi connectivity index (χ2n) is 6.98. The summed E-state index contributed by atoms with van der Waals surface area (Å²) < 4.78 is 0. The molecular formula is C21H16ClNO2. The van der Waals surface area contributed by atoms with Gasteiger partial charge in [-0.15, -0.1) is 0 Å². The molecule has 0 unspecified atom stereocenters. The molecule has 1 saturated heterocycles. The predicted octanol–water partition coefficient (Wildman–Crippen LogP) is 3.81. The Hall–Kier alpha value is -2.39. The van der Waals surface area contributed by atoms with Gasteiger partial charge >= 0.3 is 0 Å². The molecule has 2 aromatic rings. The summed E-state index contributed by atoms with van der Waals surface area (Å²) >= 11 is 6.51. The smallest absolute Gasteiger partial charge is 0.234 e. The fraction of sp³-hybridized carbons (Fsp3) is 0.238. The first-order chi connectivity index (χ1) is 12.2. The average Bonchev–Trinajstić information content (AvgIpc) is 2.89. The number of hydrogen-bond acceptors (Lipinski definition) is 2. The van der Waals surface area contributed by atoms with Gasteiger partial charge in [0, 0.05) is 16.9 Å². The van der Waals surface area contributed by atoms with Gasteiger partial charge in [-0.3, -0.25) is 14.5 Å². The van der Waals surface area contributed by atoms with Crippen LogP contribution in [0.1, 0.15) is 28.5 Å². The van der Waals surface area contributed by atoms with Gasteiger partial charge in [0.1, 0.15) is 0 Å². The molecule has 3 aliphatic carbocycles. The van der Waals surface area contributed by atoms with E-state index in [0.29, 0.717) is 11.6 Å². The van der Waals surface area contributed by atoms with Crippen LogP contribution in [0.2, 0.25) is 0 Å². The maximum absolute atomic E-state index is 13.1. The van der Waals surface area contributed by atoms with Gasteiger partial charge in [-0.25, -0.2) is 0 Å². The summed E-state index contributed by atoms with van der Waals surface area (Å²) in [6.07, 6.45) is 1.98. The second kappa shape index (κ2) is 5.30. The molecule has 4 heteroatoms. The van der Waals surface area contributed by atoms with Crippen LogP contribution in [-0.4, -0.2) is 16.7 Å². The number of nitrogens with zero attached hydrogens (tertiary/aromatic N) is 1. The highest BCUT2D eigenvalue weighted by atomic mass is 35.5. The summed E-state index contributed by atoms with van der Waals surface area (Å²) in [5, 5.41) is 0.702. The first-order valence-corrected chi connectivity index (χ1v) is 8.90. The zero-order valence-electron chi connectivity index (χ0n) is 13.4. The fourth-order valence-corrected chi connectivity index (χ4v) is 5.09. The third-order valence-electron chi connectivity index (χ3n) is 5.74. The van der Waals surface area contributed by atoms with Gasteiger partial charge in [0.05, 0.1) is 18.4 Å². The summed E-state index contributed by atoms with van der Waals surface area (Å²) in [6, 6.07) is 17.7. The van der Waals surface area contributed by atoms with Crippen LogP contribution in [0.4, 0.5) is 0 Å². The molecular weight excluding hydrogens is 334 g/mol. The maximum atomic E-state index is 13.1. The van der Waals surface area contributed by atoms with Gasteiger partial charge in [-0.05, 0) is 16.7 Å². The number of imide groups is 1. The molecule has 2 amide bonds. The summed E-state index contributed by atoms with van der Waals surface area (Å²) in [7, 11) is 0. The van der Waals surface area contributed by atoms with Crippen molar-refractivity contribution in [3.8, 4) is 0 Å². The van der Waals surface area contributed by atoms with Crippen molar-refractivity contribution < 1.29 is 9.59 Å². The zero-order valence-corrected chi connectivity index (χ0v) is 14.2. The van der Waals surface area contributed by atoms with Crippen molar-refractivity contribution in [2.24, 2.45) is 11.8 Å². The molecule has 3 nitrogen and oxygen atoms in total. The first kappa shape index (κ1) is 14.9. The lowest BCUT2D eigenvalue weighted by molar-refractivity contribution is -0.140. The van der Waals surface area contributed by atoms with Gasteiger partial charge in [0.2, 0.25) is 11.8 Å². The number of carbonyl (C=O) groups is 2. The van der Waals surface area contributed by atoms with Crippen molar-refractivity contribution >= 4 is 23.4 Å². The van der Waals surface area contributed by atoms with Gasteiger partial charge in [-0.2, -0.15) is 0 Å². The number of benzene rings is 2. The summed E-state index contributed by atoms with van der Waals surface area (Å²) in [5.74, 6) is -1.13. The minimum atomic E-state index is -0.367. The maximum Gasteiger partial charge on any atom is 0.234 e. The minimum absolute atomic E-state index is 0.0660. The largest absolute Gasteiger partial charge is 0.278 e. The van der Waals surface area contributed by atoms with Gasteiger partial charge in [0.25, 0.3) is 0 Å². The van der Waals surface area contributed by atoms with Gasteiger partial charge in [0.15, 0.2) is 0 Å². The quantitative estimate of drug-likeness (QED) is 0.773. The monoisotopic (exact) mass is 349 g/mol. The Bertz CT molecular complexity index is 921. The highest BCUT2D eigenvalue weighted by molar-refractivity contribution is 6.31. The molecule has 2 bridgehead atoms. The number of allylic oxidation sites excluding steroid dienone is 2. The van der Waals surface area contributed by atoms with Crippen LogP contribution >= 0.6 is 11.6 Å². The fourth-order valence-electron chi connectivity index (χ4n) is 4.70. The number of likely N-dealkylation sites (tertiary alicyclic amines) is 1. The van der Waals surface area contributed by atoms with Gasteiger partial charge < -0.3 is 0 Å². The number of halogens is 1. The van der Waals surface area contributed by atoms with Crippen molar-refractivity contribution in [1.29, 1.82) is 0 Å². The summed E-state index contributed by atoms with van der Waals surface area (Å²) in [4.78, 5) is 27.6. The molecule has 1 heterocycles. The van der Waals surface area contributed by atoms with E-state index in [1.165, 1.54) is 4.90 Å². The van der Waals surface area contributed by atoms with Crippen LogP contribution in [0.25, 0.3) is 0 Å². The van der Waals surface area contributed by atoms with E-state index in [1.54, 1.807) is 0 Å². The third kappa shape index (κ3) is 1.99. The van der Waals surface area contributed by atoms with Crippen molar-refractivity contribution in [1.82, 2.24) is 4.90 Å². The molecule has 1 aliphatic heterocycles. The van der Waals surface area contributed by atoms with E-state index in [-0.39, 0.29) is 35.5 Å². The zero-order chi connectivity index (χ0) is 17.1. The number of amides is 2. The Morgan fingerprint density at radius 1 is 0.840 bits per heavy atom. The molecule has 1 fully saturated rings. The van der Waals surface area contributed by atoms with Crippen molar-refractivity contribution in [3.63, 3.8) is 0 Å². The summed E-state index contributed by atoms with van der Waals surface area (Å²) in [5.41, 5.74) is 3.21. The van der Waals surface area contributed by atoms with Crippen molar-refractivity contribution in [2.75, 3.05) is 0 Å². The average molecular weight is 350 g/mol. The predicted molar refractivity (Wildman–Crippen MR) is 94.8 cm³/mol. The molecule has 0 spiro atoms. The number of rotatable bonds is 2. The van der Waals surface area contributed by atoms with E-state index in [9.17, 15) is 9.59 Å². The standard InChI is InChI=1S/C21H16ClNO2/c22-16-10-15-13-8-4-5-9-14(13)17(16)19-18(15)20(24)23(21(19)25)11-12-6-2-1-3-7-12/h1-10,15,17-19H,11H2/t15-,17+,18+,19-/m0/s1. The van der Waals surface area contributed by atoms with Crippen LogP contribution in [0.3, 0.4) is 0 Å². The van der Waals surface area contributed by atoms with Crippen molar-refractivity contribution in [2.45, 2.75) is 18.4 Å². The Morgan fingerprint density at radius 2 is 1.48 bits per heavy atom. The normalized spacial score (nSPS) is 29.5. The lowest BCUT2D eigenvalue weighted by Crippen LogP contribution is -2.38. The molecule has 0 aromatic heterocycles. The third-order valence-corrected chi connectivity index (χ3v) is 6.11. The SMILES string of the molecule is O=C1[C@@H]2[C@H](C(=O)N1Cc1ccccc1)[C@H]1C=C(Cl)[C@H]2c2ccccc21. The van der Waals surface area contributed by atoms with E-state index in [1.807, 2.05) is 54.6 Å². The van der Waals surface area contributed by atoms with Crippen LogP contribution in [0.15, 0.2) is 65.7 Å². The van der Waals surface area contributed by atoms with E-state index < -0.39 is 0 Å². The molecule has 4 atom stereocenters. The van der Waals surface area contributed by atoms with E-state index in [4.69, 9.17) is 11.6 Å². The van der Waals surface area contributed by atoms with E-state index in [2.05, 4.69) is 6.07 Å². The van der Waals surface area contributed by atoms with Crippen LogP contribution in [0, 0.1) is 11.8 Å². The van der Waals surface area contributed by atoms with Crippen LogP contribution < -0.4 is 0 Å². The highest BCUT2D eigenvalue weighted by Gasteiger charge is 2.59. The van der Waals surface area contributed by atoms with Gasteiger partial charge in [-0.1, -0.05) is 72.3 Å². The number of hydrogen-bond donors (Lipinski definition) is 0. The molecule has 2 aromatic carbocycles. The molecule has 4 aliphatic rings. The minimum Gasteiger partial charge on any atom is -0.278 e. The first-order valence-electron chi connectivity index (χ1n) is 8.52. The molecule has 25 heavy (non-hydrogen) atoms. The van der Waals surface area contributed by atoms with E-state index >= 15 is 0 Å². The lowest BCUT2D eigenvalue weighted by Gasteiger charge is -2.42. The van der Waals surface area contributed by atoms with E-state index in [0.717, 1.165) is 16.7 Å². The number of carbonyl (C=O) groups excluding carboxylic acids is 2. The molecule has 0 N–H and O–H groups in total. The Morgan fingerprint density at radius 3 is 2.24 bits per heavy atom. The van der Waals surface area contributed by atoms with Crippen molar-refractivity contribution in [3.05, 3.63) is 82.4 Å². The summed E-state index contributed by atoms with van der Waals surface area (Å²) in [6.45, 7) is 0.332. The lowest BCUT2D eigenvalue weighted by atomic mass is 9.60. The second-order valence-corrected chi connectivity index (χ2v) is 7.42. The molecule has 124 valence electrons. The Labute approximate surface area is 150 Å². The molecule has 0 saturated carbocycles.